The molecule has 128 valence electrons. The van der Waals surface area contributed by atoms with Crippen molar-refractivity contribution in [2.75, 3.05) is 26.0 Å². The van der Waals surface area contributed by atoms with Crippen LogP contribution in [0.4, 0.5) is 0 Å². The van der Waals surface area contributed by atoms with Gasteiger partial charge in [-0.2, -0.15) is 11.3 Å². The van der Waals surface area contributed by atoms with Crippen LogP contribution in [0.25, 0.3) is 0 Å². The summed E-state index contributed by atoms with van der Waals surface area (Å²) in [5.41, 5.74) is 0.646. The van der Waals surface area contributed by atoms with Crippen molar-refractivity contribution in [3.8, 4) is 0 Å². The quantitative estimate of drug-likeness (QED) is 0.871. The molecule has 6 nitrogen and oxygen atoms in total. The van der Waals surface area contributed by atoms with Crippen LogP contribution in [0.5, 0.6) is 0 Å². The predicted octanol–water partition coefficient (Wildman–Crippen LogP) is 0.990. The molecule has 3 rings (SSSR count). The summed E-state index contributed by atoms with van der Waals surface area (Å²) < 4.78 is 31.5. The summed E-state index contributed by atoms with van der Waals surface area (Å²) in [6.45, 7) is 1.76. The van der Waals surface area contributed by atoms with E-state index in [0.717, 1.165) is 12.0 Å². The van der Waals surface area contributed by atoms with Crippen molar-refractivity contribution in [1.29, 1.82) is 0 Å². The lowest BCUT2D eigenvalue weighted by Crippen LogP contribution is -2.50. The van der Waals surface area contributed by atoms with Crippen LogP contribution in [0.2, 0.25) is 0 Å². The third-order valence-corrected chi connectivity index (χ3v) is 5.97. The average Bonchev–Trinajstić information content (AvgIpc) is 3.07. The first-order chi connectivity index (χ1) is 10.9. The van der Waals surface area contributed by atoms with E-state index < -0.39 is 15.6 Å². The van der Waals surface area contributed by atoms with E-state index in [0.29, 0.717) is 39.0 Å². The summed E-state index contributed by atoms with van der Waals surface area (Å²) >= 11 is 1.59. The summed E-state index contributed by atoms with van der Waals surface area (Å²) in [7, 11) is -3.22. The van der Waals surface area contributed by atoms with E-state index in [9.17, 15) is 13.2 Å². The van der Waals surface area contributed by atoms with Crippen LogP contribution in [0.3, 0.4) is 0 Å². The van der Waals surface area contributed by atoms with Crippen LogP contribution in [0.1, 0.15) is 24.8 Å². The molecule has 0 saturated carbocycles. The first-order valence-corrected chi connectivity index (χ1v) is 10.6. The van der Waals surface area contributed by atoms with Crippen molar-refractivity contribution in [2.24, 2.45) is 0 Å². The second-order valence-electron chi connectivity index (χ2n) is 6.48. The largest absolute Gasteiger partial charge is 0.373 e. The lowest BCUT2D eigenvalue weighted by molar-refractivity contribution is -0.132. The zero-order valence-corrected chi connectivity index (χ0v) is 14.8. The third kappa shape index (κ3) is 4.32. The highest BCUT2D eigenvalue weighted by Crippen LogP contribution is 2.34. The molecule has 0 aromatic carbocycles. The van der Waals surface area contributed by atoms with Crippen LogP contribution >= 0.6 is 11.3 Å². The first kappa shape index (κ1) is 16.9. The molecule has 2 fully saturated rings. The third-order valence-electron chi connectivity index (χ3n) is 4.48. The lowest BCUT2D eigenvalue weighted by Gasteiger charge is -2.38. The zero-order chi connectivity index (χ0) is 16.5. The average molecular weight is 358 g/mol. The molecule has 1 amide bonds. The fraction of sp³-hybridized carbons (Fsp3) is 0.667. The van der Waals surface area contributed by atoms with Gasteiger partial charge in [-0.1, -0.05) is 0 Å². The number of amides is 1. The fourth-order valence-corrected chi connectivity index (χ4v) is 4.93. The van der Waals surface area contributed by atoms with E-state index in [4.69, 9.17) is 4.74 Å². The Labute approximate surface area is 140 Å². The van der Waals surface area contributed by atoms with Gasteiger partial charge in [-0.3, -0.25) is 4.79 Å². The number of nitrogens with one attached hydrogen (secondary N) is 1. The van der Waals surface area contributed by atoms with Crippen molar-refractivity contribution >= 4 is 27.3 Å². The molecule has 0 radical (unpaired) electrons. The molecule has 1 N–H and O–H groups in total. The van der Waals surface area contributed by atoms with E-state index in [1.54, 1.807) is 11.3 Å². The minimum atomic E-state index is -3.22. The van der Waals surface area contributed by atoms with E-state index in [1.165, 1.54) is 6.26 Å². The fourth-order valence-electron chi connectivity index (χ4n) is 3.45. The highest BCUT2D eigenvalue weighted by molar-refractivity contribution is 7.88. The summed E-state index contributed by atoms with van der Waals surface area (Å²) in [6.07, 6.45) is 3.68. The van der Waals surface area contributed by atoms with Crippen LogP contribution in [0.15, 0.2) is 16.8 Å². The highest BCUT2D eigenvalue weighted by Gasteiger charge is 2.44. The summed E-state index contributed by atoms with van der Waals surface area (Å²) in [5, 5.41) is 3.96. The van der Waals surface area contributed by atoms with Gasteiger partial charge in [0.05, 0.1) is 18.3 Å². The molecule has 0 bridgehead atoms. The second-order valence-corrected chi connectivity index (χ2v) is 9.04. The van der Waals surface area contributed by atoms with Crippen molar-refractivity contribution in [1.82, 2.24) is 9.62 Å². The van der Waals surface area contributed by atoms with Crippen LogP contribution in [0, 0.1) is 0 Å². The van der Waals surface area contributed by atoms with Gasteiger partial charge in [0, 0.05) is 25.7 Å². The Balaban J connectivity index is 1.60. The van der Waals surface area contributed by atoms with Crippen molar-refractivity contribution in [3.63, 3.8) is 0 Å². The predicted molar refractivity (Wildman–Crippen MR) is 88.9 cm³/mol. The number of ether oxygens (including phenoxy) is 1. The van der Waals surface area contributed by atoms with Gasteiger partial charge in [-0.05, 0) is 41.7 Å². The van der Waals surface area contributed by atoms with Crippen molar-refractivity contribution < 1.29 is 17.9 Å². The van der Waals surface area contributed by atoms with Crippen LogP contribution in [-0.2, 0) is 26.0 Å². The topological polar surface area (TPSA) is 75.7 Å². The zero-order valence-electron chi connectivity index (χ0n) is 13.2. The molecule has 3 heterocycles. The van der Waals surface area contributed by atoms with Gasteiger partial charge in [0.15, 0.2) is 0 Å². The maximum Gasteiger partial charge on any atom is 0.227 e. The van der Waals surface area contributed by atoms with E-state index in [2.05, 4.69) is 4.72 Å². The molecule has 23 heavy (non-hydrogen) atoms. The number of thiophene rings is 1. The number of carbonyl (C=O) groups excluding carboxylic acids is 1. The number of rotatable bonds is 4. The highest BCUT2D eigenvalue weighted by atomic mass is 32.2. The molecule has 1 spiro atoms. The Morgan fingerprint density at radius 3 is 3.09 bits per heavy atom. The molecule has 1 aromatic heterocycles. The van der Waals surface area contributed by atoms with Crippen LogP contribution in [-0.4, -0.2) is 56.8 Å². The van der Waals surface area contributed by atoms with Gasteiger partial charge in [0.2, 0.25) is 15.9 Å². The molecule has 2 aliphatic rings. The summed E-state index contributed by atoms with van der Waals surface area (Å²) in [6, 6.07) is 1.86. The maximum atomic E-state index is 12.4. The molecule has 2 atom stereocenters. The molecule has 0 unspecified atom stereocenters. The van der Waals surface area contributed by atoms with Crippen molar-refractivity contribution in [3.05, 3.63) is 22.4 Å². The molecule has 1 aromatic rings. The second kappa shape index (κ2) is 6.51. The molecule has 2 aliphatic heterocycles. The van der Waals surface area contributed by atoms with Gasteiger partial charge >= 0.3 is 0 Å². The standard InChI is InChI=1S/C15H22N2O4S2/c1-23(19,20)16-13-2-6-21-15(9-13)4-5-17(11-15)14(18)8-12-3-7-22-10-12/h3,7,10,13,16H,2,4-6,8-9,11H2,1H3/t13-,15-/m0/s1. The minimum Gasteiger partial charge on any atom is -0.373 e. The minimum absolute atomic E-state index is 0.106. The Bertz CT molecular complexity index is 659. The van der Waals surface area contributed by atoms with E-state index in [1.807, 2.05) is 21.7 Å². The summed E-state index contributed by atoms with van der Waals surface area (Å²) in [4.78, 5) is 14.3. The first-order valence-electron chi connectivity index (χ1n) is 7.75. The number of sulfonamides is 1. The number of nitrogens with zero attached hydrogens (tertiary/aromatic N) is 1. The van der Waals surface area contributed by atoms with Gasteiger partial charge in [-0.25, -0.2) is 13.1 Å². The van der Waals surface area contributed by atoms with Gasteiger partial charge in [0.1, 0.15) is 0 Å². The Morgan fingerprint density at radius 1 is 1.57 bits per heavy atom. The SMILES string of the molecule is CS(=O)(=O)N[C@H]1CCO[C@@]2(CCN(C(=O)Cc3ccsc3)C2)C1. The molecular formula is C15H22N2O4S2. The summed E-state index contributed by atoms with van der Waals surface area (Å²) in [5.74, 6) is 0.113. The monoisotopic (exact) mass is 358 g/mol. The van der Waals surface area contributed by atoms with E-state index >= 15 is 0 Å². The van der Waals surface area contributed by atoms with Crippen LogP contribution < -0.4 is 4.72 Å². The number of likely N-dealkylation sites (tertiary alicyclic amines) is 1. The van der Waals surface area contributed by atoms with Gasteiger partial charge in [0.25, 0.3) is 0 Å². The molecule has 0 aliphatic carbocycles. The normalized spacial score (nSPS) is 28.4. The number of hydrogen-bond donors (Lipinski definition) is 1. The van der Waals surface area contributed by atoms with E-state index in [-0.39, 0.29) is 11.9 Å². The van der Waals surface area contributed by atoms with Gasteiger partial charge < -0.3 is 9.64 Å². The Morgan fingerprint density at radius 2 is 2.39 bits per heavy atom. The Kier molecular flexibility index (Phi) is 4.78. The molecule has 8 heteroatoms. The van der Waals surface area contributed by atoms with Crippen molar-refractivity contribution in [2.45, 2.75) is 37.3 Å². The number of hydrogen-bond acceptors (Lipinski definition) is 5. The van der Waals surface area contributed by atoms with Gasteiger partial charge in [-0.15, -0.1) is 0 Å². The Hall–Kier alpha value is -0.960. The maximum absolute atomic E-state index is 12.4. The smallest absolute Gasteiger partial charge is 0.227 e. The molecule has 2 saturated heterocycles. The number of carbonyl (C=O) groups is 1. The lowest BCUT2D eigenvalue weighted by atomic mass is 9.90. The molecular weight excluding hydrogens is 336 g/mol.